The lowest BCUT2D eigenvalue weighted by atomic mass is 9.95. The Morgan fingerprint density at radius 1 is 0.979 bits per heavy atom. The lowest BCUT2D eigenvalue weighted by Gasteiger charge is -2.25. The standard InChI is InChI=1S/C36H29Cl2N3O5S/c1-21-31(34(42)40-26-12-5-4-6-13-26)32(24-10-8-14-27(19-24)44-2)41-35(43)30(47-36(41)39-21)18-23-16-28(38)33(29(17-23)45-3)46-20-22-9-7-11-25(37)15-22/h4-19,32H,20H2,1-3H3,(H,40,42)/b30-18-/t32-/m1/s1. The number of carbonyl (C=O) groups excluding carboxylic acids is 1. The van der Waals surface area contributed by atoms with E-state index in [-0.39, 0.29) is 18.1 Å². The van der Waals surface area contributed by atoms with Crippen molar-refractivity contribution in [3.8, 4) is 17.2 Å². The van der Waals surface area contributed by atoms with Crippen LogP contribution in [-0.2, 0) is 11.4 Å². The number of anilines is 1. The third-order valence-corrected chi connectivity index (χ3v) is 9.03. The van der Waals surface area contributed by atoms with Gasteiger partial charge in [0, 0.05) is 10.7 Å². The molecule has 2 heterocycles. The summed E-state index contributed by atoms with van der Waals surface area (Å²) >= 11 is 14.0. The number of rotatable bonds is 9. The first kappa shape index (κ1) is 32.1. The zero-order valence-corrected chi connectivity index (χ0v) is 28.0. The molecule has 1 aliphatic rings. The number of nitrogens with one attached hydrogen (secondary N) is 1. The van der Waals surface area contributed by atoms with E-state index in [1.54, 1.807) is 55.0 Å². The number of amides is 1. The molecule has 1 aliphatic heterocycles. The van der Waals surface area contributed by atoms with E-state index in [0.29, 0.717) is 64.7 Å². The lowest BCUT2D eigenvalue weighted by molar-refractivity contribution is -0.113. The molecule has 0 bridgehead atoms. The van der Waals surface area contributed by atoms with E-state index in [9.17, 15) is 9.59 Å². The maximum absolute atomic E-state index is 14.2. The van der Waals surface area contributed by atoms with E-state index >= 15 is 0 Å². The number of methoxy groups -OCH3 is 2. The van der Waals surface area contributed by atoms with Crippen LogP contribution in [0.15, 0.2) is 112 Å². The Kier molecular flexibility index (Phi) is 9.49. The first-order valence-corrected chi connectivity index (χ1v) is 16.1. The molecule has 11 heteroatoms. The second-order valence-corrected chi connectivity index (χ2v) is 12.5. The van der Waals surface area contributed by atoms with Gasteiger partial charge in [0.2, 0.25) is 0 Å². The van der Waals surface area contributed by atoms with Crippen molar-refractivity contribution in [2.24, 2.45) is 4.99 Å². The molecule has 0 fully saturated rings. The smallest absolute Gasteiger partial charge is 0.271 e. The predicted octanol–water partition coefficient (Wildman–Crippen LogP) is 6.78. The molecule has 47 heavy (non-hydrogen) atoms. The van der Waals surface area contributed by atoms with Gasteiger partial charge in [0.15, 0.2) is 16.3 Å². The van der Waals surface area contributed by atoms with Gasteiger partial charge in [0.1, 0.15) is 12.4 Å². The Morgan fingerprint density at radius 2 is 1.77 bits per heavy atom. The molecule has 6 rings (SSSR count). The largest absolute Gasteiger partial charge is 0.497 e. The first-order valence-electron chi connectivity index (χ1n) is 14.5. The number of ether oxygens (including phenoxy) is 3. The van der Waals surface area contributed by atoms with E-state index in [1.165, 1.54) is 18.4 Å². The third-order valence-electron chi connectivity index (χ3n) is 7.53. The van der Waals surface area contributed by atoms with E-state index < -0.39 is 6.04 Å². The van der Waals surface area contributed by atoms with Crippen molar-refractivity contribution in [2.75, 3.05) is 19.5 Å². The van der Waals surface area contributed by atoms with Crippen molar-refractivity contribution in [3.05, 3.63) is 149 Å². The fourth-order valence-corrected chi connectivity index (χ4v) is 6.89. The number of fused-ring (bicyclic) bond motifs is 1. The maximum atomic E-state index is 14.2. The van der Waals surface area contributed by atoms with Gasteiger partial charge in [0.05, 0.1) is 41.1 Å². The second-order valence-electron chi connectivity index (χ2n) is 10.6. The van der Waals surface area contributed by atoms with Crippen molar-refractivity contribution >= 4 is 52.2 Å². The molecule has 0 unspecified atom stereocenters. The van der Waals surface area contributed by atoms with Gasteiger partial charge in [-0.25, -0.2) is 4.99 Å². The highest BCUT2D eigenvalue weighted by atomic mass is 35.5. The number of aromatic nitrogens is 1. The summed E-state index contributed by atoms with van der Waals surface area (Å²) in [5.74, 6) is 1.02. The highest BCUT2D eigenvalue weighted by Gasteiger charge is 2.33. The van der Waals surface area contributed by atoms with Gasteiger partial charge in [-0.05, 0) is 78.2 Å². The number of para-hydroxylation sites is 1. The molecule has 5 aromatic rings. The molecular weight excluding hydrogens is 657 g/mol. The highest BCUT2D eigenvalue weighted by molar-refractivity contribution is 7.07. The molecule has 0 radical (unpaired) electrons. The summed E-state index contributed by atoms with van der Waals surface area (Å²) in [5, 5.41) is 3.88. The minimum absolute atomic E-state index is 0.235. The fraction of sp³-hybridized carbons (Fsp3) is 0.139. The average molecular weight is 687 g/mol. The molecule has 0 saturated carbocycles. The Hall–Kier alpha value is -4.83. The Bertz CT molecular complexity index is 2190. The number of nitrogens with zero attached hydrogens (tertiary/aromatic N) is 2. The fourth-order valence-electron chi connectivity index (χ4n) is 5.36. The van der Waals surface area contributed by atoms with Gasteiger partial charge in [-0.3, -0.25) is 14.2 Å². The SMILES string of the molecule is COc1cccc([C@@H]2C(C(=O)Nc3ccccc3)=C(C)N=c3s/c(=C\c4cc(Cl)c(OCc5cccc(Cl)c5)c(OC)c4)c(=O)n32)c1. The summed E-state index contributed by atoms with van der Waals surface area (Å²) in [6.07, 6.45) is 1.73. The number of halogens is 2. The van der Waals surface area contributed by atoms with Gasteiger partial charge in [-0.15, -0.1) is 0 Å². The molecule has 1 aromatic heterocycles. The summed E-state index contributed by atoms with van der Waals surface area (Å²) in [6, 6.07) is 26.5. The molecule has 0 spiro atoms. The van der Waals surface area contributed by atoms with Gasteiger partial charge in [-0.2, -0.15) is 0 Å². The van der Waals surface area contributed by atoms with E-state index in [1.807, 2.05) is 60.7 Å². The molecule has 238 valence electrons. The van der Waals surface area contributed by atoms with Crippen molar-refractivity contribution in [2.45, 2.75) is 19.6 Å². The van der Waals surface area contributed by atoms with Crippen LogP contribution in [0.5, 0.6) is 17.2 Å². The van der Waals surface area contributed by atoms with E-state index in [2.05, 4.69) is 5.32 Å². The molecule has 1 amide bonds. The van der Waals surface area contributed by atoms with Gasteiger partial charge < -0.3 is 19.5 Å². The Labute approximate surface area is 284 Å². The van der Waals surface area contributed by atoms with Crippen LogP contribution in [0, 0.1) is 0 Å². The number of thiazole rings is 1. The lowest BCUT2D eigenvalue weighted by Crippen LogP contribution is -2.40. The Balaban J connectivity index is 1.41. The quantitative estimate of drug-likeness (QED) is 0.185. The third kappa shape index (κ3) is 6.83. The van der Waals surface area contributed by atoms with Crippen LogP contribution in [0.25, 0.3) is 6.08 Å². The van der Waals surface area contributed by atoms with Crippen molar-refractivity contribution in [3.63, 3.8) is 0 Å². The highest BCUT2D eigenvalue weighted by Crippen LogP contribution is 2.37. The summed E-state index contributed by atoms with van der Waals surface area (Å²) < 4.78 is 19.1. The zero-order valence-electron chi connectivity index (χ0n) is 25.6. The van der Waals surface area contributed by atoms with Crippen molar-refractivity contribution in [1.82, 2.24) is 4.57 Å². The molecule has 0 saturated heterocycles. The topological polar surface area (TPSA) is 91.2 Å². The van der Waals surface area contributed by atoms with Crippen molar-refractivity contribution < 1.29 is 19.0 Å². The number of hydrogen-bond donors (Lipinski definition) is 1. The summed E-state index contributed by atoms with van der Waals surface area (Å²) in [7, 11) is 3.09. The summed E-state index contributed by atoms with van der Waals surface area (Å²) in [4.78, 5) is 33.2. The average Bonchev–Trinajstić information content (AvgIpc) is 3.37. The molecular formula is C36H29Cl2N3O5S. The first-order chi connectivity index (χ1) is 22.7. The van der Waals surface area contributed by atoms with Gasteiger partial charge in [-0.1, -0.05) is 77.0 Å². The number of benzene rings is 4. The van der Waals surface area contributed by atoms with Crippen LogP contribution in [0.4, 0.5) is 5.69 Å². The monoisotopic (exact) mass is 685 g/mol. The molecule has 0 aliphatic carbocycles. The normalized spacial score (nSPS) is 14.3. The van der Waals surface area contributed by atoms with Crippen LogP contribution in [0.3, 0.4) is 0 Å². The van der Waals surface area contributed by atoms with E-state index in [0.717, 1.165) is 5.56 Å². The second kappa shape index (κ2) is 13.9. The van der Waals surface area contributed by atoms with Gasteiger partial charge in [0.25, 0.3) is 11.5 Å². The Morgan fingerprint density at radius 3 is 2.51 bits per heavy atom. The minimum Gasteiger partial charge on any atom is -0.497 e. The zero-order chi connectivity index (χ0) is 33.1. The van der Waals surface area contributed by atoms with E-state index in [4.69, 9.17) is 42.4 Å². The summed E-state index contributed by atoms with van der Waals surface area (Å²) in [5.41, 5.74) is 3.38. The summed E-state index contributed by atoms with van der Waals surface area (Å²) in [6.45, 7) is 2.01. The predicted molar refractivity (Wildman–Crippen MR) is 186 cm³/mol. The number of allylic oxidation sites excluding steroid dienone is 1. The van der Waals surface area contributed by atoms with Crippen LogP contribution in [-0.4, -0.2) is 24.7 Å². The van der Waals surface area contributed by atoms with Crippen LogP contribution in [0.1, 0.15) is 29.7 Å². The van der Waals surface area contributed by atoms with Crippen molar-refractivity contribution in [1.29, 1.82) is 0 Å². The number of hydrogen-bond acceptors (Lipinski definition) is 7. The molecule has 4 aromatic carbocycles. The van der Waals surface area contributed by atoms with Crippen LogP contribution in [0.2, 0.25) is 10.0 Å². The number of carbonyl (C=O) groups is 1. The maximum Gasteiger partial charge on any atom is 0.271 e. The minimum atomic E-state index is -0.757. The molecule has 8 nitrogen and oxygen atoms in total. The molecule has 1 N–H and O–H groups in total. The van der Waals surface area contributed by atoms with Crippen LogP contribution < -0.4 is 34.4 Å². The van der Waals surface area contributed by atoms with Gasteiger partial charge >= 0.3 is 0 Å². The molecule has 1 atom stereocenters. The van der Waals surface area contributed by atoms with Crippen LogP contribution >= 0.6 is 34.5 Å².